The van der Waals surface area contributed by atoms with Crippen LogP contribution >= 0.6 is 27.3 Å². The van der Waals surface area contributed by atoms with E-state index in [1.54, 1.807) is 11.3 Å². The Labute approximate surface area is 118 Å². The van der Waals surface area contributed by atoms with Gasteiger partial charge in [0.2, 0.25) is 0 Å². The molecule has 0 saturated heterocycles. The molecule has 90 valence electrons. The van der Waals surface area contributed by atoms with E-state index >= 15 is 0 Å². The van der Waals surface area contributed by atoms with E-state index in [1.807, 2.05) is 12.3 Å². The van der Waals surface area contributed by atoms with Gasteiger partial charge in [-0.2, -0.15) is 0 Å². The Morgan fingerprint density at radius 1 is 1.11 bits per heavy atom. The van der Waals surface area contributed by atoms with Crippen molar-refractivity contribution in [3.8, 4) is 0 Å². The third-order valence-corrected chi connectivity index (χ3v) is 4.34. The van der Waals surface area contributed by atoms with Crippen molar-refractivity contribution in [1.82, 2.24) is 4.98 Å². The molecule has 0 bridgehead atoms. The van der Waals surface area contributed by atoms with Crippen LogP contribution in [0.4, 0.5) is 5.69 Å². The number of fused-ring (bicyclic) bond motifs is 1. The summed E-state index contributed by atoms with van der Waals surface area (Å²) < 4.78 is 1.16. The van der Waals surface area contributed by atoms with Gasteiger partial charge < -0.3 is 5.32 Å². The van der Waals surface area contributed by atoms with Crippen molar-refractivity contribution in [2.24, 2.45) is 0 Å². The van der Waals surface area contributed by atoms with Crippen LogP contribution in [-0.4, -0.2) is 4.98 Å². The Morgan fingerprint density at radius 3 is 2.83 bits per heavy atom. The quantitative estimate of drug-likeness (QED) is 0.759. The van der Waals surface area contributed by atoms with E-state index in [-0.39, 0.29) is 0 Å². The molecule has 0 aliphatic carbocycles. The number of thiophene rings is 1. The lowest BCUT2D eigenvalue weighted by molar-refractivity contribution is 1.19. The molecule has 0 fully saturated rings. The van der Waals surface area contributed by atoms with E-state index in [9.17, 15) is 0 Å². The smallest absolute Gasteiger partial charge is 0.0933 e. The number of benzene rings is 1. The zero-order valence-corrected chi connectivity index (χ0v) is 12.0. The van der Waals surface area contributed by atoms with Gasteiger partial charge in [-0.1, -0.05) is 18.2 Å². The lowest BCUT2D eigenvalue weighted by atomic mass is 10.2. The fourth-order valence-electron chi connectivity index (χ4n) is 1.88. The summed E-state index contributed by atoms with van der Waals surface area (Å²) in [4.78, 5) is 5.73. The summed E-state index contributed by atoms with van der Waals surface area (Å²) in [6.07, 6.45) is 1.83. The van der Waals surface area contributed by atoms with Crippen LogP contribution in [0.25, 0.3) is 10.9 Å². The third kappa shape index (κ3) is 2.40. The standard InChI is InChI=1S/C14H11BrN2S/c15-13-7-6-11(18-13)9-17-12-5-1-3-10-4-2-8-16-14(10)12/h1-8,17H,9H2. The predicted octanol–water partition coefficient (Wildman–Crippen LogP) is 4.67. The number of rotatable bonds is 3. The second-order valence-electron chi connectivity index (χ2n) is 3.94. The number of anilines is 1. The van der Waals surface area contributed by atoms with E-state index in [0.717, 1.165) is 26.9 Å². The Morgan fingerprint density at radius 2 is 2.00 bits per heavy atom. The lowest BCUT2D eigenvalue weighted by Gasteiger charge is -2.07. The monoisotopic (exact) mass is 318 g/mol. The van der Waals surface area contributed by atoms with Gasteiger partial charge in [-0.25, -0.2) is 0 Å². The van der Waals surface area contributed by atoms with Crippen LogP contribution in [0, 0.1) is 0 Å². The number of para-hydroxylation sites is 1. The molecule has 2 nitrogen and oxygen atoms in total. The van der Waals surface area contributed by atoms with E-state index in [4.69, 9.17) is 0 Å². The van der Waals surface area contributed by atoms with Gasteiger partial charge in [-0.15, -0.1) is 11.3 Å². The Balaban J connectivity index is 1.86. The van der Waals surface area contributed by atoms with Gasteiger partial charge in [0.15, 0.2) is 0 Å². The summed E-state index contributed by atoms with van der Waals surface area (Å²) in [6.45, 7) is 0.825. The number of hydrogen-bond donors (Lipinski definition) is 1. The average Bonchev–Trinajstić information content (AvgIpc) is 2.82. The number of pyridine rings is 1. The summed E-state index contributed by atoms with van der Waals surface area (Å²) in [5.74, 6) is 0. The molecule has 0 amide bonds. The minimum atomic E-state index is 0.825. The molecule has 0 radical (unpaired) electrons. The zero-order valence-electron chi connectivity index (χ0n) is 9.56. The molecular formula is C14H11BrN2S. The maximum absolute atomic E-state index is 4.43. The Bertz CT molecular complexity index is 673. The summed E-state index contributed by atoms with van der Waals surface area (Å²) >= 11 is 5.22. The Kier molecular flexibility index (Phi) is 3.30. The largest absolute Gasteiger partial charge is 0.378 e. The second-order valence-corrected chi connectivity index (χ2v) is 6.49. The third-order valence-electron chi connectivity index (χ3n) is 2.71. The maximum Gasteiger partial charge on any atom is 0.0933 e. The van der Waals surface area contributed by atoms with Gasteiger partial charge in [0, 0.05) is 23.0 Å². The molecule has 0 saturated carbocycles. The molecule has 0 spiro atoms. The van der Waals surface area contributed by atoms with Crippen molar-refractivity contribution in [2.45, 2.75) is 6.54 Å². The number of aromatic nitrogens is 1. The van der Waals surface area contributed by atoms with Crippen LogP contribution in [-0.2, 0) is 6.54 Å². The van der Waals surface area contributed by atoms with Crippen molar-refractivity contribution < 1.29 is 0 Å². The minimum Gasteiger partial charge on any atom is -0.378 e. The van der Waals surface area contributed by atoms with Crippen LogP contribution in [0.15, 0.2) is 52.4 Å². The van der Waals surface area contributed by atoms with Crippen LogP contribution in [0.5, 0.6) is 0 Å². The first-order valence-electron chi connectivity index (χ1n) is 5.65. The normalized spacial score (nSPS) is 10.7. The highest BCUT2D eigenvalue weighted by Gasteiger charge is 2.02. The Hall–Kier alpha value is -1.39. The molecule has 2 aromatic heterocycles. The molecule has 1 N–H and O–H groups in total. The summed E-state index contributed by atoms with van der Waals surface area (Å²) in [7, 11) is 0. The fraction of sp³-hybridized carbons (Fsp3) is 0.0714. The summed E-state index contributed by atoms with van der Waals surface area (Å²) in [6, 6.07) is 14.4. The van der Waals surface area contributed by atoms with Gasteiger partial charge in [-0.05, 0) is 40.2 Å². The molecule has 0 aliphatic heterocycles. The van der Waals surface area contributed by atoms with Crippen LogP contribution in [0.1, 0.15) is 4.88 Å². The molecule has 3 aromatic rings. The van der Waals surface area contributed by atoms with Crippen LogP contribution in [0.3, 0.4) is 0 Å². The fourth-order valence-corrected chi connectivity index (χ4v) is 3.30. The van der Waals surface area contributed by atoms with Gasteiger partial charge >= 0.3 is 0 Å². The summed E-state index contributed by atoms with van der Waals surface area (Å²) in [5.41, 5.74) is 2.10. The number of nitrogens with one attached hydrogen (secondary N) is 1. The van der Waals surface area contributed by atoms with E-state index < -0.39 is 0 Å². The van der Waals surface area contributed by atoms with Gasteiger partial charge in [0.25, 0.3) is 0 Å². The van der Waals surface area contributed by atoms with Crippen molar-refractivity contribution >= 4 is 43.9 Å². The molecule has 4 heteroatoms. The molecular weight excluding hydrogens is 308 g/mol. The van der Waals surface area contributed by atoms with Crippen molar-refractivity contribution in [2.75, 3.05) is 5.32 Å². The molecule has 0 unspecified atom stereocenters. The molecule has 3 rings (SSSR count). The van der Waals surface area contributed by atoms with E-state index in [0.29, 0.717) is 0 Å². The lowest BCUT2D eigenvalue weighted by Crippen LogP contribution is -1.98. The summed E-state index contributed by atoms with van der Waals surface area (Å²) in [5, 5.41) is 4.61. The van der Waals surface area contributed by atoms with Crippen molar-refractivity contribution in [3.63, 3.8) is 0 Å². The first-order chi connectivity index (χ1) is 8.83. The van der Waals surface area contributed by atoms with Gasteiger partial charge in [0.1, 0.15) is 0 Å². The number of halogens is 1. The molecule has 0 aliphatic rings. The molecule has 2 heterocycles. The van der Waals surface area contributed by atoms with Crippen molar-refractivity contribution in [3.05, 3.63) is 57.3 Å². The van der Waals surface area contributed by atoms with Crippen molar-refractivity contribution in [1.29, 1.82) is 0 Å². The van der Waals surface area contributed by atoms with Gasteiger partial charge in [-0.3, -0.25) is 4.98 Å². The number of nitrogens with zero attached hydrogens (tertiary/aromatic N) is 1. The van der Waals surface area contributed by atoms with Crippen LogP contribution in [0.2, 0.25) is 0 Å². The van der Waals surface area contributed by atoms with Crippen LogP contribution < -0.4 is 5.32 Å². The maximum atomic E-state index is 4.43. The number of hydrogen-bond acceptors (Lipinski definition) is 3. The highest BCUT2D eigenvalue weighted by molar-refractivity contribution is 9.11. The minimum absolute atomic E-state index is 0.825. The highest BCUT2D eigenvalue weighted by atomic mass is 79.9. The average molecular weight is 319 g/mol. The first-order valence-corrected chi connectivity index (χ1v) is 7.26. The molecule has 1 aromatic carbocycles. The second kappa shape index (κ2) is 5.08. The topological polar surface area (TPSA) is 24.9 Å². The SMILES string of the molecule is Brc1ccc(CNc2cccc3cccnc23)s1. The zero-order chi connectivity index (χ0) is 12.4. The molecule has 18 heavy (non-hydrogen) atoms. The van der Waals surface area contributed by atoms with Gasteiger partial charge in [0.05, 0.1) is 15.0 Å². The first kappa shape index (κ1) is 11.7. The highest BCUT2D eigenvalue weighted by Crippen LogP contribution is 2.25. The molecule has 0 atom stereocenters. The van der Waals surface area contributed by atoms with E-state index in [2.05, 4.69) is 62.6 Å². The van der Waals surface area contributed by atoms with E-state index in [1.165, 1.54) is 4.88 Å². The predicted molar refractivity (Wildman–Crippen MR) is 81.1 cm³/mol.